The molecule has 1 fully saturated rings. The lowest BCUT2D eigenvalue weighted by Crippen LogP contribution is -2.37. The van der Waals surface area contributed by atoms with Crippen LogP contribution in [0.4, 0.5) is 0 Å². The van der Waals surface area contributed by atoms with E-state index < -0.39 is 10.0 Å². The molecule has 0 aliphatic carbocycles. The Morgan fingerprint density at radius 1 is 1.17 bits per heavy atom. The maximum Gasteiger partial charge on any atom is 0.222 e. The van der Waals surface area contributed by atoms with Crippen molar-refractivity contribution in [1.82, 2.24) is 9.21 Å². The second-order valence-corrected chi connectivity index (χ2v) is 7.69. The second kappa shape index (κ2) is 7.79. The van der Waals surface area contributed by atoms with Crippen molar-refractivity contribution in [2.45, 2.75) is 19.3 Å². The minimum atomic E-state index is -3.18. The van der Waals surface area contributed by atoms with Crippen molar-refractivity contribution >= 4 is 15.9 Å². The first kappa shape index (κ1) is 17.7. The van der Waals surface area contributed by atoms with Gasteiger partial charge >= 0.3 is 0 Å². The largest absolute Gasteiger partial charge is 0.496 e. The van der Waals surface area contributed by atoms with Crippen molar-refractivity contribution in [3.63, 3.8) is 0 Å². The van der Waals surface area contributed by atoms with E-state index in [1.807, 2.05) is 24.3 Å². The number of hydrogen-bond acceptors (Lipinski definition) is 4. The number of amides is 1. The standard InChI is InChI=1S/C16H24N2O4S/c1-22-15-7-4-3-6-14(15)8-9-16(19)17-10-5-11-18(13-12-17)23(2,20)21/h3-4,6-7H,5,8-13H2,1-2H3. The molecule has 1 aromatic rings. The average Bonchev–Trinajstić information content (AvgIpc) is 2.78. The highest BCUT2D eigenvalue weighted by molar-refractivity contribution is 7.88. The summed E-state index contributed by atoms with van der Waals surface area (Å²) in [6, 6.07) is 7.67. The zero-order chi connectivity index (χ0) is 16.9. The number of rotatable bonds is 5. The summed E-state index contributed by atoms with van der Waals surface area (Å²) < 4.78 is 30.0. The Hall–Kier alpha value is -1.60. The highest BCUT2D eigenvalue weighted by atomic mass is 32.2. The molecule has 1 aliphatic heterocycles. The van der Waals surface area contributed by atoms with Crippen LogP contribution in [0.5, 0.6) is 5.75 Å². The number of aryl methyl sites for hydroxylation is 1. The lowest BCUT2D eigenvalue weighted by Gasteiger charge is -2.21. The van der Waals surface area contributed by atoms with Gasteiger partial charge in [-0.05, 0) is 24.5 Å². The van der Waals surface area contributed by atoms with Gasteiger partial charge in [0, 0.05) is 32.6 Å². The molecule has 128 valence electrons. The fourth-order valence-electron chi connectivity index (χ4n) is 2.78. The van der Waals surface area contributed by atoms with E-state index in [0.29, 0.717) is 45.4 Å². The highest BCUT2D eigenvalue weighted by Crippen LogP contribution is 2.19. The minimum Gasteiger partial charge on any atom is -0.496 e. The van der Waals surface area contributed by atoms with Gasteiger partial charge in [-0.3, -0.25) is 4.79 Å². The first-order valence-electron chi connectivity index (χ1n) is 7.76. The topological polar surface area (TPSA) is 66.9 Å². The lowest BCUT2D eigenvalue weighted by atomic mass is 10.1. The van der Waals surface area contributed by atoms with Crippen LogP contribution in [0.25, 0.3) is 0 Å². The van der Waals surface area contributed by atoms with E-state index in [2.05, 4.69) is 0 Å². The van der Waals surface area contributed by atoms with Gasteiger partial charge in [0.1, 0.15) is 5.75 Å². The summed E-state index contributed by atoms with van der Waals surface area (Å²) in [4.78, 5) is 14.2. The number of benzene rings is 1. The number of hydrogen-bond donors (Lipinski definition) is 0. The van der Waals surface area contributed by atoms with E-state index in [9.17, 15) is 13.2 Å². The lowest BCUT2D eigenvalue weighted by molar-refractivity contribution is -0.131. The van der Waals surface area contributed by atoms with Crippen molar-refractivity contribution in [3.05, 3.63) is 29.8 Å². The Morgan fingerprint density at radius 2 is 1.91 bits per heavy atom. The molecule has 1 saturated heterocycles. The molecule has 0 bridgehead atoms. The van der Waals surface area contributed by atoms with Crippen LogP contribution in [0.1, 0.15) is 18.4 Å². The van der Waals surface area contributed by atoms with E-state index in [1.54, 1.807) is 12.0 Å². The molecule has 1 aliphatic rings. The molecular weight excluding hydrogens is 316 g/mol. The van der Waals surface area contributed by atoms with Gasteiger partial charge in [0.25, 0.3) is 0 Å². The van der Waals surface area contributed by atoms with Crippen molar-refractivity contribution < 1.29 is 17.9 Å². The quantitative estimate of drug-likeness (QED) is 0.806. The maximum absolute atomic E-state index is 12.4. The Labute approximate surface area is 138 Å². The SMILES string of the molecule is COc1ccccc1CCC(=O)N1CCCN(S(C)(=O)=O)CC1. The maximum atomic E-state index is 12.4. The van der Waals surface area contributed by atoms with Crippen molar-refractivity contribution in [2.24, 2.45) is 0 Å². The number of methoxy groups -OCH3 is 1. The number of ether oxygens (including phenoxy) is 1. The molecule has 0 spiro atoms. The Bertz CT molecular complexity index is 645. The molecule has 0 unspecified atom stereocenters. The van der Waals surface area contributed by atoms with Gasteiger partial charge in [-0.15, -0.1) is 0 Å². The van der Waals surface area contributed by atoms with Crippen LogP contribution in [0.15, 0.2) is 24.3 Å². The second-order valence-electron chi connectivity index (χ2n) is 5.71. The van der Waals surface area contributed by atoms with E-state index in [0.717, 1.165) is 11.3 Å². The van der Waals surface area contributed by atoms with Crippen LogP contribution in [0.2, 0.25) is 0 Å². The summed E-state index contributed by atoms with van der Waals surface area (Å²) in [6.45, 7) is 1.92. The van der Waals surface area contributed by atoms with Crippen LogP contribution >= 0.6 is 0 Å². The predicted molar refractivity (Wildman–Crippen MR) is 88.9 cm³/mol. The Kier molecular flexibility index (Phi) is 6.01. The molecule has 7 heteroatoms. The summed E-state index contributed by atoms with van der Waals surface area (Å²) in [7, 11) is -1.56. The molecule has 0 aromatic heterocycles. The summed E-state index contributed by atoms with van der Waals surface area (Å²) in [5.74, 6) is 0.852. The molecule has 1 heterocycles. The van der Waals surface area contributed by atoms with Crippen molar-refractivity contribution in [3.8, 4) is 5.75 Å². The van der Waals surface area contributed by atoms with Gasteiger partial charge in [-0.1, -0.05) is 18.2 Å². The summed E-state index contributed by atoms with van der Waals surface area (Å²) >= 11 is 0. The van der Waals surface area contributed by atoms with E-state index in [4.69, 9.17) is 4.74 Å². The van der Waals surface area contributed by atoms with Crippen LogP contribution in [0, 0.1) is 0 Å². The third-order valence-electron chi connectivity index (χ3n) is 4.08. The zero-order valence-electron chi connectivity index (χ0n) is 13.7. The molecule has 1 aromatic carbocycles. The smallest absolute Gasteiger partial charge is 0.222 e. The predicted octanol–water partition coefficient (Wildman–Crippen LogP) is 1.12. The number of nitrogens with zero attached hydrogens (tertiary/aromatic N) is 2. The Morgan fingerprint density at radius 3 is 2.61 bits per heavy atom. The molecule has 0 radical (unpaired) electrons. The fraction of sp³-hybridized carbons (Fsp3) is 0.562. The molecule has 23 heavy (non-hydrogen) atoms. The monoisotopic (exact) mass is 340 g/mol. The summed E-state index contributed by atoms with van der Waals surface area (Å²) in [6.07, 6.45) is 2.91. The minimum absolute atomic E-state index is 0.0613. The highest BCUT2D eigenvalue weighted by Gasteiger charge is 2.23. The molecule has 0 N–H and O–H groups in total. The van der Waals surface area contributed by atoms with Crippen LogP contribution in [0.3, 0.4) is 0 Å². The third-order valence-corrected chi connectivity index (χ3v) is 5.38. The van der Waals surface area contributed by atoms with E-state index in [-0.39, 0.29) is 5.91 Å². The third kappa shape index (κ3) is 4.94. The summed E-state index contributed by atoms with van der Waals surface area (Å²) in [5, 5.41) is 0. The molecule has 6 nitrogen and oxygen atoms in total. The normalized spacial score (nSPS) is 16.9. The van der Waals surface area contributed by atoms with Crippen LogP contribution in [-0.4, -0.2) is 63.1 Å². The van der Waals surface area contributed by atoms with Gasteiger partial charge in [-0.2, -0.15) is 0 Å². The number of carbonyl (C=O) groups is 1. The molecular formula is C16H24N2O4S. The van der Waals surface area contributed by atoms with Crippen molar-refractivity contribution in [1.29, 1.82) is 0 Å². The van der Waals surface area contributed by atoms with Gasteiger partial charge in [-0.25, -0.2) is 12.7 Å². The number of sulfonamides is 1. The summed E-state index contributed by atoms with van der Waals surface area (Å²) in [5.41, 5.74) is 1.01. The van der Waals surface area contributed by atoms with E-state index >= 15 is 0 Å². The van der Waals surface area contributed by atoms with Crippen LogP contribution in [-0.2, 0) is 21.2 Å². The van der Waals surface area contributed by atoms with Gasteiger partial charge < -0.3 is 9.64 Å². The zero-order valence-corrected chi connectivity index (χ0v) is 14.5. The molecule has 0 atom stereocenters. The first-order chi connectivity index (χ1) is 10.9. The number of para-hydroxylation sites is 1. The van der Waals surface area contributed by atoms with Crippen molar-refractivity contribution in [2.75, 3.05) is 39.5 Å². The van der Waals surface area contributed by atoms with Gasteiger partial charge in [0.2, 0.25) is 15.9 Å². The first-order valence-corrected chi connectivity index (χ1v) is 9.61. The molecule has 0 saturated carbocycles. The molecule has 1 amide bonds. The average molecular weight is 340 g/mol. The number of carbonyl (C=O) groups excluding carboxylic acids is 1. The fourth-order valence-corrected chi connectivity index (χ4v) is 3.66. The molecule has 2 rings (SSSR count). The van der Waals surface area contributed by atoms with Gasteiger partial charge in [0.15, 0.2) is 0 Å². The van der Waals surface area contributed by atoms with E-state index in [1.165, 1.54) is 10.6 Å². The van der Waals surface area contributed by atoms with Crippen LogP contribution < -0.4 is 4.74 Å². The van der Waals surface area contributed by atoms with Gasteiger partial charge in [0.05, 0.1) is 13.4 Å². The Balaban J connectivity index is 1.91.